The van der Waals surface area contributed by atoms with Crippen LogP contribution in [0.15, 0.2) is 12.1 Å². The first-order valence-corrected chi connectivity index (χ1v) is 7.91. The summed E-state index contributed by atoms with van der Waals surface area (Å²) in [7, 11) is 1.43. The standard InChI is InChI=1S/C13H15Cl2NO2S/c1-18-12(17)6-13(4-5-13)8-19-7-10-9(14)2-3-11(15)16-10/h2-3H,4-8H2,1H3. The molecule has 1 aromatic heterocycles. The Kier molecular flexibility index (Phi) is 4.98. The number of hydrogen-bond acceptors (Lipinski definition) is 4. The van der Waals surface area contributed by atoms with Gasteiger partial charge in [0.2, 0.25) is 0 Å². The Hall–Kier alpha value is -0.450. The fourth-order valence-corrected chi connectivity index (χ4v) is 3.61. The van der Waals surface area contributed by atoms with Crippen LogP contribution in [0.5, 0.6) is 0 Å². The van der Waals surface area contributed by atoms with Crippen LogP contribution in [0, 0.1) is 5.41 Å². The summed E-state index contributed by atoms with van der Waals surface area (Å²) in [4.78, 5) is 15.5. The lowest BCUT2D eigenvalue weighted by Crippen LogP contribution is -2.13. The second-order valence-electron chi connectivity index (χ2n) is 4.81. The van der Waals surface area contributed by atoms with Crippen LogP contribution in [0.25, 0.3) is 0 Å². The first-order chi connectivity index (χ1) is 9.04. The second kappa shape index (κ2) is 6.33. The normalized spacial score (nSPS) is 16.2. The smallest absolute Gasteiger partial charge is 0.306 e. The Bertz CT molecular complexity index is 478. The molecular weight excluding hydrogens is 305 g/mol. The van der Waals surface area contributed by atoms with Crippen molar-refractivity contribution >= 4 is 40.9 Å². The van der Waals surface area contributed by atoms with Gasteiger partial charge < -0.3 is 4.74 Å². The molecule has 6 heteroatoms. The summed E-state index contributed by atoms with van der Waals surface area (Å²) in [5, 5.41) is 1.09. The van der Waals surface area contributed by atoms with Gasteiger partial charge in [-0.05, 0) is 36.1 Å². The summed E-state index contributed by atoms with van der Waals surface area (Å²) in [5.74, 6) is 1.51. The highest BCUT2D eigenvalue weighted by atomic mass is 35.5. The Balaban J connectivity index is 1.83. The number of ether oxygens (including phenoxy) is 1. The van der Waals surface area contributed by atoms with Crippen molar-refractivity contribution < 1.29 is 9.53 Å². The zero-order chi connectivity index (χ0) is 13.9. The van der Waals surface area contributed by atoms with Gasteiger partial charge in [-0.25, -0.2) is 4.98 Å². The van der Waals surface area contributed by atoms with Crippen LogP contribution in [-0.2, 0) is 15.3 Å². The lowest BCUT2D eigenvalue weighted by Gasteiger charge is -2.13. The van der Waals surface area contributed by atoms with E-state index in [9.17, 15) is 4.79 Å². The van der Waals surface area contributed by atoms with E-state index in [1.54, 1.807) is 23.9 Å². The fraction of sp³-hybridized carbons (Fsp3) is 0.538. The van der Waals surface area contributed by atoms with Crippen LogP contribution >= 0.6 is 35.0 Å². The minimum Gasteiger partial charge on any atom is -0.469 e. The number of thioether (sulfide) groups is 1. The number of aromatic nitrogens is 1. The summed E-state index contributed by atoms with van der Waals surface area (Å²) < 4.78 is 4.73. The lowest BCUT2D eigenvalue weighted by molar-refractivity contribution is -0.141. The molecule has 0 spiro atoms. The van der Waals surface area contributed by atoms with Gasteiger partial charge in [-0.2, -0.15) is 11.8 Å². The molecule has 3 nitrogen and oxygen atoms in total. The fourth-order valence-electron chi connectivity index (χ4n) is 1.85. The molecule has 0 amide bonds. The highest BCUT2D eigenvalue weighted by molar-refractivity contribution is 7.98. The van der Waals surface area contributed by atoms with E-state index in [2.05, 4.69) is 4.98 Å². The molecule has 19 heavy (non-hydrogen) atoms. The summed E-state index contributed by atoms with van der Waals surface area (Å²) >= 11 is 13.6. The molecule has 0 aliphatic heterocycles. The van der Waals surface area contributed by atoms with Crippen molar-refractivity contribution in [1.29, 1.82) is 0 Å². The second-order valence-corrected chi connectivity index (χ2v) is 6.59. The summed E-state index contributed by atoms with van der Waals surface area (Å²) in [6, 6.07) is 3.44. The van der Waals surface area contributed by atoms with Crippen molar-refractivity contribution in [2.75, 3.05) is 12.9 Å². The van der Waals surface area contributed by atoms with E-state index in [-0.39, 0.29) is 11.4 Å². The summed E-state index contributed by atoms with van der Waals surface area (Å²) in [6.45, 7) is 0. The number of hydrogen-bond donors (Lipinski definition) is 0. The highest BCUT2D eigenvalue weighted by Crippen LogP contribution is 2.51. The topological polar surface area (TPSA) is 39.2 Å². The van der Waals surface area contributed by atoms with Crippen molar-refractivity contribution in [3.05, 3.63) is 28.0 Å². The van der Waals surface area contributed by atoms with Crippen LogP contribution in [0.1, 0.15) is 25.0 Å². The SMILES string of the molecule is COC(=O)CC1(CSCc2nc(Cl)ccc2Cl)CC1. The molecule has 1 aliphatic rings. The van der Waals surface area contributed by atoms with Gasteiger partial charge in [-0.15, -0.1) is 0 Å². The van der Waals surface area contributed by atoms with Crippen LogP contribution in [-0.4, -0.2) is 23.8 Å². The molecule has 1 aliphatic carbocycles. The molecule has 0 saturated heterocycles. The number of carbonyl (C=O) groups excluding carboxylic acids is 1. The van der Waals surface area contributed by atoms with Crippen LogP contribution < -0.4 is 0 Å². The average molecular weight is 320 g/mol. The first kappa shape index (κ1) is 14.9. The molecule has 0 bridgehead atoms. The molecule has 0 radical (unpaired) electrons. The van der Waals surface area contributed by atoms with Gasteiger partial charge >= 0.3 is 5.97 Å². The van der Waals surface area contributed by atoms with Gasteiger partial charge in [0.1, 0.15) is 5.15 Å². The third-order valence-electron chi connectivity index (χ3n) is 3.24. The third-order valence-corrected chi connectivity index (χ3v) is 5.08. The molecule has 1 heterocycles. The predicted octanol–water partition coefficient (Wildman–Crippen LogP) is 3.96. The van der Waals surface area contributed by atoms with Gasteiger partial charge in [0.25, 0.3) is 0 Å². The number of nitrogens with zero attached hydrogens (tertiary/aromatic N) is 1. The van der Waals surface area contributed by atoms with Crippen molar-refractivity contribution in [2.24, 2.45) is 5.41 Å². The number of methoxy groups -OCH3 is 1. The maximum atomic E-state index is 11.3. The molecule has 0 aromatic carbocycles. The van der Waals surface area contributed by atoms with Crippen LogP contribution in [0.3, 0.4) is 0 Å². The Morgan fingerprint density at radius 2 is 2.21 bits per heavy atom. The largest absolute Gasteiger partial charge is 0.469 e. The first-order valence-electron chi connectivity index (χ1n) is 6.00. The molecule has 1 saturated carbocycles. The molecule has 0 atom stereocenters. The minimum atomic E-state index is -0.128. The molecule has 1 aromatic rings. The third kappa shape index (κ3) is 4.26. The van der Waals surface area contributed by atoms with E-state index < -0.39 is 0 Å². The van der Waals surface area contributed by atoms with E-state index in [0.29, 0.717) is 22.3 Å². The average Bonchev–Trinajstić information content (AvgIpc) is 3.13. The number of halogens is 2. The number of pyridine rings is 1. The Morgan fingerprint density at radius 3 is 2.84 bits per heavy atom. The Morgan fingerprint density at radius 1 is 1.47 bits per heavy atom. The van der Waals surface area contributed by atoms with E-state index in [0.717, 1.165) is 24.3 Å². The number of rotatable bonds is 6. The minimum absolute atomic E-state index is 0.128. The van der Waals surface area contributed by atoms with E-state index in [1.807, 2.05) is 0 Å². The monoisotopic (exact) mass is 319 g/mol. The molecular formula is C13H15Cl2NO2S. The van der Waals surface area contributed by atoms with E-state index in [1.165, 1.54) is 7.11 Å². The predicted molar refractivity (Wildman–Crippen MR) is 78.7 cm³/mol. The lowest BCUT2D eigenvalue weighted by atomic mass is 10.1. The maximum Gasteiger partial charge on any atom is 0.306 e. The summed E-state index contributed by atoms with van der Waals surface area (Å²) in [5.41, 5.74) is 0.927. The molecule has 2 rings (SSSR count). The van der Waals surface area contributed by atoms with Crippen molar-refractivity contribution in [3.63, 3.8) is 0 Å². The zero-order valence-corrected chi connectivity index (χ0v) is 12.9. The number of esters is 1. The van der Waals surface area contributed by atoms with Crippen LogP contribution in [0.2, 0.25) is 10.2 Å². The van der Waals surface area contributed by atoms with Gasteiger partial charge in [0, 0.05) is 5.75 Å². The van der Waals surface area contributed by atoms with Gasteiger partial charge in [0.05, 0.1) is 24.2 Å². The highest BCUT2D eigenvalue weighted by Gasteiger charge is 2.44. The van der Waals surface area contributed by atoms with Crippen molar-refractivity contribution in [2.45, 2.75) is 25.0 Å². The van der Waals surface area contributed by atoms with Crippen molar-refractivity contribution in [3.8, 4) is 0 Å². The zero-order valence-electron chi connectivity index (χ0n) is 10.6. The van der Waals surface area contributed by atoms with Crippen molar-refractivity contribution in [1.82, 2.24) is 4.98 Å². The molecule has 1 fully saturated rings. The summed E-state index contributed by atoms with van der Waals surface area (Å²) in [6.07, 6.45) is 2.69. The number of carbonyl (C=O) groups is 1. The van der Waals surface area contributed by atoms with Crippen LogP contribution in [0.4, 0.5) is 0 Å². The molecule has 0 N–H and O–H groups in total. The van der Waals surface area contributed by atoms with Gasteiger partial charge in [0.15, 0.2) is 0 Å². The van der Waals surface area contributed by atoms with Gasteiger partial charge in [-0.1, -0.05) is 23.2 Å². The quantitative estimate of drug-likeness (QED) is 0.587. The molecule has 0 unspecified atom stereocenters. The maximum absolute atomic E-state index is 11.3. The molecule has 104 valence electrons. The van der Waals surface area contributed by atoms with E-state index >= 15 is 0 Å². The Labute approximate surface area is 127 Å². The van der Waals surface area contributed by atoms with E-state index in [4.69, 9.17) is 27.9 Å². The van der Waals surface area contributed by atoms with Gasteiger partial charge in [-0.3, -0.25) is 4.79 Å².